The largest absolute Gasteiger partial charge is 0.507 e. The zero-order valence-corrected chi connectivity index (χ0v) is 21.8. The van der Waals surface area contributed by atoms with Gasteiger partial charge in [0.05, 0.1) is 32.4 Å². The summed E-state index contributed by atoms with van der Waals surface area (Å²) in [7, 11) is 6.94. The fourth-order valence-corrected chi connectivity index (χ4v) is 4.55. The second kappa shape index (κ2) is 10.9. The fraction of sp³-hybridized carbons (Fsp3) is 0.310. The minimum Gasteiger partial charge on any atom is -0.507 e. The molecule has 1 unspecified atom stereocenters. The van der Waals surface area contributed by atoms with E-state index in [0.29, 0.717) is 42.3 Å². The highest BCUT2D eigenvalue weighted by Crippen LogP contribution is 2.42. The first kappa shape index (κ1) is 26.0. The van der Waals surface area contributed by atoms with E-state index in [1.165, 1.54) is 12.0 Å². The second-order valence-electron chi connectivity index (χ2n) is 9.07. The van der Waals surface area contributed by atoms with Gasteiger partial charge in [0.15, 0.2) is 11.5 Å². The number of amides is 1. The van der Waals surface area contributed by atoms with Crippen molar-refractivity contribution < 1.29 is 28.9 Å². The highest BCUT2D eigenvalue weighted by molar-refractivity contribution is 6.46. The van der Waals surface area contributed by atoms with Crippen LogP contribution >= 0.6 is 0 Å². The smallest absolute Gasteiger partial charge is 0.295 e. The number of hydrogen-bond donors (Lipinski definition) is 1. The van der Waals surface area contributed by atoms with Crippen LogP contribution in [0.1, 0.15) is 24.1 Å². The molecule has 1 atom stereocenters. The molecule has 8 heteroatoms. The first-order valence-electron chi connectivity index (χ1n) is 12.1. The number of nitrogens with zero attached hydrogens (tertiary/aromatic N) is 2. The predicted octanol–water partition coefficient (Wildman–Crippen LogP) is 4.24. The highest BCUT2D eigenvalue weighted by atomic mass is 16.5. The summed E-state index contributed by atoms with van der Waals surface area (Å²) in [6.45, 7) is 3.20. The van der Waals surface area contributed by atoms with Crippen molar-refractivity contribution in [2.24, 2.45) is 0 Å². The van der Waals surface area contributed by atoms with Crippen LogP contribution in [0.4, 0.5) is 0 Å². The number of likely N-dealkylation sites (tertiary alicyclic amines) is 1. The molecule has 1 N–H and O–H groups in total. The zero-order chi connectivity index (χ0) is 26.7. The van der Waals surface area contributed by atoms with E-state index >= 15 is 0 Å². The topological polar surface area (TPSA) is 88.5 Å². The maximum absolute atomic E-state index is 13.3. The number of ether oxygens (including phenoxy) is 3. The average molecular weight is 505 g/mol. The number of ketones is 1. The number of aliphatic hydroxyl groups is 1. The Bertz CT molecular complexity index is 1360. The molecule has 0 aliphatic carbocycles. The van der Waals surface area contributed by atoms with Crippen molar-refractivity contribution in [3.05, 3.63) is 71.3 Å². The van der Waals surface area contributed by atoms with Crippen LogP contribution in [0.5, 0.6) is 17.2 Å². The van der Waals surface area contributed by atoms with Gasteiger partial charge in [-0.15, -0.1) is 0 Å². The molecular weight excluding hydrogens is 472 g/mol. The summed E-state index contributed by atoms with van der Waals surface area (Å²) in [5.74, 6) is 0.179. The number of rotatable bonds is 9. The van der Waals surface area contributed by atoms with Gasteiger partial charge in [-0.1, -0.05) is 24.3 Å². The van der Waals surface area contributed by atoms with Crippen molar-refractivity contribution in [2.45, 2.75) is 13.0 Å². The minimum absolute atomic E-state index is 0.0443. The molecular formula is C29H32N2O6. The standard InChI is InChI=1S/C29H32N2O6/c1-6-37-23-12-10-20(17-24(23)36-5)26-25(28(33)29(34)31(26)14-13-30(2)3)27(32)21-8-7-19-16-22(35-4)11-9-18(19)15-21/h7-12,15-17,26,32H,6,13-14H2,1-5H3/b27-25+. The molecule has 3 aromatic carbocycles. The van der Waals surface area contributed by atoms with Crippen molar-refractivity contribution in [1.82, 2.24) is 9.80 Å². The normalized spacial score (nSPS) is 17.0. The number of aliphatic hydroxyl groups excluding tert-OH is 1. The van der Waals surface area contributed by atoms with Crippen LogP contribution in [-0.2, 0) is 9.59 Å². The lowest BCUT2D eigenvalue weighted by atomic mass is 9.94. The first-order chi connectivity index (χ1) is 17.8. The first-order valence-corrected chi connectivity index (χ1v) is 12.1. The summed E-state index contributed by atoms with van der Waals surface area (Å²) in [5, 5.41) is 13.2. The van der Waals surface area contributed by atoms with Crippen LogP contribution in [0.2, 0.25) is 0 Å². The third-order valence-electron chi connectivity index (χ3n) is 6.45. The second-order valence-corrected chi connectivity index (χ2v) is 9.07. The van der Waals surface area contributed by atoms with Gasteiger partial charge in [0, 0.05) is 18.7 Å². The molecule has 8 nitrogen and oxygen atoms in total. The molecule has 0 bridgehead atoms. The van der Waals surface area contributed by atoms with Gasteiger partial charge in [-0.25, -0.2) is 0 Å². The van der Waals surface area contributed by atoms with Crippen molar-refractivity contribution in [1.29, 1.82) is 0 Å². The Morgan fingerprint density at radius 2 is 1.68 bits per heavy atom. The molecule has 1 fully saturated rings. The molecule has 1 heterocycles. The van der Waals surface area contributed by atoms with Gasteiger partial charge in [0.2, 0.25) is 0 Å². The number of Topliss-reactive ketones (excluding diaryl/α,β-unsaturated/α-hetero) is 1. The summed E-state index contributed by atoms with van der Waals surface area (Å²) in [6.07, 6.45) is 0. The molecule has 4 rings (SSSR count). The van der Waals surface area contributed by atoms with Gasteiger partial charge in [-0.3, -0.25) is 9.59 Å². The molecule has 1 aliphatic heterocycles. The van der Waals surface area contributed by atoms with E-state index in [1.807, 2.05) is 50.2 Å². The van der Waals surface area contributed by atoms with Crippen molar-refractivity contribution >= 4 is 28.2 Å². The highest BCUT2D eigenvalue weighted by Gasteiger charge is 2.46. The van der Waals surface area contributed by atoms with E-state index in [0.717, 1.165) is 16.5 Å². The Morgan fingerprint density at radius 3 is 2.35 bits per heavy atom. The molecule has 3 aromatic rings. The Morgan fingerprint density at radius 1 is 0.946 bits per heavy atom. The molecule has 0 aromatic heterocycles. The van der Waals surface area contributed by atoms with E-state index in [4.69, 9.17) is 14.2 Å². The predicted molar refractivity (Wildman–Crippen MR) is 142 cm³/mol. The number of fused-ring (bicyclic) bond motifs is 1. The Hall–Kier alpha value is -4.04. The van der Waals surface area contributed by atoms with Gasteiger partial charge < -0.3 is 29.1 Å². The van der Waals surface area contributed by atoms with Crippen LogP contribution < -0.4 is 14.2 Å². The molecule has 1 aliphatic rings. The lowest BCUT2D eigenvalue weighted by Gasteiger charge is -2.27. The van der Waals surface area contributed by atoms with Crippen molar-refractivity contribution in [2.75, 3.05) is 48.0 Å². The molecule has 0 saturated carbocycles. The molecule has 194 valence electrons. The third kappa shape index (κ3) is 5.11. The van der Waals surface area contributed by atoms with Crippen LogP contribution in [-0.4, -0.2) is 74.6 Å². The Labute approximate surface area is 216 Å². The number of carbonyl (C=O) groups is 2. The zero-order valence-electron chi connectivity index (χ0n) is 21.8. The van der Waals surface area contributed by atoms with Crippen LogP contribution in [0.15, 0.2) is 60.2 Å². The number of likely N-dealkylation sites (N-methyl/N-ethyl adjacent to an activating group) is 1. The number of benzene rings is 3. The summed E-state index contributed by atoms with van der Waals surface area (Å²) in [5.41, 5.74) is 1.14. The Kier molecular flexibility index (Phi) is 7.69. The molecule has 0 radical (unpaired) electrons. The van der Waals surface area contributed by atoms with E-state index in [2.05, 4.69) is 0 Å². The van der Waals surface area contributed by atoms with E-state index in [9.17, 15) is 14.7 Å². The van der Waals surface area contributed by atoms with Gasteiger partial charge in [-0.2, -0.15) is 0 Å². The third-order valence-corrected chi connectivity index (χ3v) is 6.45. The monoisotopic (exact) mass is 504 g/mol. The average Bonchev–Trinajstić information content (AvgIpc) is 3.16. The Balaban J connectivity index is 1.86. The van der Waals surface area contributed by atoms with Crippen molar-refractivity contribution in [3.63, 3.8) is 0 Å². The van der Waals surface area contributed by atoms with E-state index < -0.39 is 17.7 Å². The maximum Gasteiger partial charge on any atom is 0.295 e. The summed E-state index contributed by atoms with van der Waals surface area (Å²) < 4.78 is 16.5. The van der Waals surface area contributed by atoms with E-state index in [-0.39, 0.29) is 11.3 Å². The summed E-state index contributed by atoms with van der Waals surface area (Å²) >= 11 is 0. The summed E-state index contributed by atoms with van der Waals surface area (Å²) in [6, 6.07) is 15.5. The van der Waals surface area contributed by atoms with Crippen LogP contribution in [0.3, 0.4) is 0 Å². The van der Waals surface area contributed by atoms with Gasteiger partial charge in [0.25, 0.3) is 11.7 Å². The molecule has 1 amide bonds. The lowest BCUT2D eigenvalue weighted by molar-refractivity contribution is -0.140. The number of hydrogen-bond acceptors (Lipinski definition) is 7. The van der Waals surface area contributed by atoms with E-state index in [1.54, 1.807) is 37.4 Å². The quantitative estimate of drug-likeness (QED) is 0.265. The van der Waals surface area contributed by atoms with Crippen LogP contribution in [0, 0.1) is 0 Å². The van der Waals surface area contributed by atoms with Gasteiger partial charge >= 0.3 is 0 Å². The van der Waals surface area contributed by atoms with Crippen molar-refractivity contribution in [3.8, 4) is 17.2 Å². The molecule has 1 saturated heterocycles. The maximum atomic E-state index is 13.3. The van der Waals surface area contributed by atoms with Gasteiger partial charge in [-0.05, 0) is 67.7 Å². The lowest BCUT2D eigenvalue weighted by Crippen LogP contribution is -2.35. The molecule has 0 spiro atoms. The SMILES string of the molecule is CCOc1ccc(C2/C(=C(\O)c3ccc4cc(OC)ccc4c3)C(=O)C(=O)N2CCN(C)C)cc1OC. The number of methoxy groups -OCH3 is 2. The fourth-order valence-electron chi connectivity index (χ4n) is 4.55. The number of carbonyl (C=O) groups excluding carboxylic acids is 2. The summed E-state index contributed by atoms with van der Waals surface area (Å²) in [4.78, 5) is 30.0. The molecule has 37 heavy (non-hydrogen) atoms. The van der Waals surface area contributed by atoms with Crippen LogP contribution in [0.25, 0.3) is 16.5 Å². The minimum atomic E-state index is -0.781. The van der Waals surface area contributed by atoms with Gasteiger partial charge in [0.1, 0.15) is 11.5 Å².